The maximum atomic E-state index is 10.0. The molecule has 0 N–H and O–H groups in total. The van der Waals surface area contributed by atoms with Gasteiger partial charge in [0.15, 0.2) is 11.5 Å². The topological polar surface area (TPSA) is 38.4 Å². The van der Waals surface area contributed by atoms with Crippen molar-refractivity contribution in [3.63, 3.8) is 0 Å². The fraction of sp³-hybridized carbons (Fsp3) is 0.0339. The number of fused-ring (bicyclic) bond motifs is 10. The van der Waals surface area contributed by atoms with E-state index < -0.39 is 25.6 Å². The smallest absolute Gasteiger partial charge is 0.252 e. The summed E-state index contributed by atoms with van der Waals surface area (Å²) in [5, 5.41) is 0. The zero-order valence-corrected chi connectivity index (χ0v) is 71.8. The highest BCUT2D eigenvalue weighted by Gasteiger charge is 2.57. The molecule has 0 aromatic heterocycles. The SMILES string of the molecule is [2H]c1cc([2H])cc(N2c3ccc(N(c4ccccc4)c4ccccc4)cc3B3c4cc5c(cc4N(c4cc([2H])cc([2H])c4)c4cc(C(C)(C)C)cc2c43)N(c2cc([2H])cc([2H])c2)c2cc3c4c6c2B5c2cc(N(c5ccccc5)c5ccccc5)cc5c2N6c2c(cc(N(c6ccccc6)c6ccccc6)cc2B4c2cc(N(c4ccccc4)c4ccccc4)ccc2N3c2cc([2H])cc([2H])c2)O5)c1. The van der Waals surface area contributed by atoms with Crippen LogP contribution in [0.25, 0.3) is 0 Å². The predicted octanol–water partition coefficient (Wildman–Crippen LogP) is 25.7. The van der Waals surface area contributed by atoms with Crippen molar-refractivity contribution in [3.8, 4) is 11.5 Å². The molecule has 13 heteroatoms. The van der Waals surface area contributed by atoms with E-state index in [4.69, 9.17) is 4.74 Å². The zero-order chi connectivity index (χ0) is 93.6. The molecule has 10 nitrogen and oxygen atoms in total. The fourth-order valence-corrected chi connectivity index (χ4v) is 21.6. The molecule has 0 amide bonds. The van der Waals surface area contributed by atoms with Crippen LogP contribution in [-0.2, 0) is 5.41 Å². The van der Waals surface area contributed by atoms with E-state index in [1.165, 1.54) is 0 Å². The van der Waals surface area contributed by atoms with E-state index in [0.29, 0.717) is 34.2 Å². The van der Waals surface area contributed by atoms with Gasteiger partial charge in [0.1, 0.15) is 0 Å². The van der Waals surface area contributed by atoms with Crippen LogP contribution in [0.15, 0.2) is 455 Å². The van der Waals surface area contributed by atoms with Crippen molar-refractivity contribution in [2.75, 3.05) is 44.1 Å². The average molecular weight is 1680 g/mol. The van der Waals surface area contributed by atoms with E-state index in [9.17, 15) is 11.0 Å². The normalized spacial score (nSPS) is 14.1. The molecule has 0 radical (unpaired) electrons. The van der Waals surface area contributed by atoms with E-state index in [0.717, 1.165) is 186 Å². The maximum absolute atomic E-state index is 10.0. The first-order valence-corrected chi connectivity index (χ1v) is 44.7. The predicted molar refractivity (Wildman–Crippen MR) is 551 cm³/mol. The van der Waals surface area contributed by atoms with Gasteiger partial charge in [-0.25, -0.2) is 0 Å². The molecule has 0 atom stereocenters. The summed E-state index contributed by atoms with van der Waals surface area (Å²) >= 11 is 0. The van der Waals surface area contributed by atoms with Crippen molar-refractivity contribution in [1.29, 1.82) is 0 Å². The third-order valence-corrected chi connectivity index (χ3v) is 27.0. The van der Waals surface area contributed by atoms with Crippen molar-refractivity contribution in [1.82, 2.24) is 0 Å². The minimum Gasteiger partial charge on any atom is -0.453 e. The monoisotopic (exact) mass is 1680 g/mol. The molecule has 131 heavy (non-hydrogen) atoms. The molecular weight excluding hydrogens is 1590 g/mol. The van der Waals surface area contributed by atoms with Crippen LogP contribution in [0.5, 0.6) is 11.5 Å². The van der Waals surface area contributed by atoms with Gasteiger partial charge >= 0.3 is 0 Å². The van der Waals surface area contributed by atoms with Crippen LogP contribution in [0.3, 0.4) is 0 Å². The zero-order valence-electron chi connectivity index (χ0n) is 79.8. The summed E-state index contributed by atoms with van der Waals surface area (Å²) in [6.45, 7) is 4.66. The van der Waals surface area contributed by atoms with Crippen molar-refractivity contribution < 1.29 is 15.7 Å². The Morgan fingerprint density at radius 2 is 0.473 bits per heavy atom. The minimum absolute atomic E-state index is 0.128. The van der Waals surface area contributed by atoms with Gasteiger partial charge in [0.2, 0.25) is 0 Å². The van der Waals surface area contributed by atoms with E-state index in [-0.39, 0.29) is 48.3 Å². The number of ether oxygens (including phenoxy) is 1. The van der Waals surface area contributed by atoms with E-state index in [2.05, 4.69) is 374 Å². The molecule has 19 aromatic carbocycles. The Bertz CT molecular complexity index is 8050. The second-order valence-corrected chi connectivity index (χ2v) is 35.4. The number of benzene rings is 19. The van der Waals surface area contributed by atoms with E-state index in [1.807, 2.05) is 72.8 Å². The van der Waals surface area contributed by atoms with Gasteiger partial charge in [0, 0.05) is 154 Å². The van der Waals surface area contributed by atoms with Gasteiger partial charge < -0.3 is 48.8 Å². The first-order chi connectivity index (χ1) is 67.8. The molecular formula is C118H84B3N9O. The second-order valence-electron chi connectivity index (χ2n) is 35.4. The van der Waals surface area contributed by atoms with Crippen LogP contribution in [-0.4, -0.2) is 20.1 Å². The summed E-state index contributed by atoms with van der Waals surface area (Å²) in [5.74, 6) is 1.21. The van der Waals surface area contributed by atoms with Gasteiger partial charge in [-0.3, -0.25) is 0 Å². The Morgan fingerprint density at radius 1 is 0.214 bits per heavy atom. The summed E-state index contributed by atoms with van der Waals surface area (Å²) in [4.78, 5) is 20.9. The Balaban J connectivity index is 0.839. The summed E-state index contributed by atoms with van der Waals surface area (Å²) < 4.78 is 86.4. The van der Waals surface area contributed by atoms with E-state index >= 15 is 0 Å². The maximum Gasteiger partial charge on any atom is 0.252 e. The highest BCUT2D eigenvalue weighted by molar-refractivity contribution is 7.06. The van der Waals surface area contributed by atoms with Crippen LogP contribution in [0.1, 0.15) is 37.3 Å². The average Bonchev–Trinajstić information content (AvgIpc) is 0.652. The number of rotatable bonds is 16. The van der Waals surface area contributed by atoms with Gasteiger partial charge in [0.25, 0.3) is 20.1 Å². The summed E-state index contributed by atoms with van der Waals surface area (Å²) in [6.07, 6.45) is 0. The standard InChI is InChI=1S/C118H84B3N9O/c1-118(2,3)79-68-106-112-107(69-79)128(90-60-36-14-37-61-90)104-77-105-99(76-98(104)119(112)96-70-92(64-66-102(96)126(106)88-56-32-12-33-57-88)122(80-40-16-4-17-41-80)81-42-18-5-19-43-81)121-101-73-95(125(86-52-28-10-29-53-86)87-54-30-11-31-55-87)75-111-116(101)130-115-100(72-94(74-110(115)131-111)124(84-48-24-8-25-49-84)85-50-26-9-27-51-85)120-97-71-93(123(82-44-20-6-21-45-82)83-46-22-7-23-47-83)65-67-103(97)127(89-58-34-13-35-59-89)108-78-109(114(121)117(130)113(108)120)129(105)91-62-38-15-39-63-91/h4-78H,1-3H3/i32D,33D,34D,35D,36D,37D,38D,39D. The Labute approximate surface area is 776 Å². The number of para-hydroxylation sites is 12. The molecule has 0 bridgehead atoms. The second kappa shape index (κ2) is 30.0. The molecule has 0 unspecified atom stereocenters. The molecule has 7 aliphatic rings. The lowest BCUT2D eigenvalue weighted by atomic mass is 9.27. The lowest BCUT2D eigenvalue weighted by Crippen LogP contribution is -2.69. The van der Waals surface area contributed by atoms with E-state index in [1.54, 1.807) is 24.3 Å². The van der Waals surface area contributed by atoms with Gasteiger partial charge in [-0.1, -0.05) is 245 Å². The molecule has 616 valence electrons. The molecule has 7 heterocycles. The quantitative estimate of drug-likeness (QED) is 0.0874. The Morgan fingerprint density at radius 3 is 0.779 bits per heavy atom. The van der Waals surface area contributed by atoms with Crippen LogP contribution < -0.4 is 98.0 Å². The van der Waals surface area contributed by atoms with Gasteiger partial charge in [0.05, 0.1) is 22.3 Å². The van der Waals surface area contributed by atoms with Crippen molar-refractivity contribution >= 4 is 223 Å². The largest absolute Gasteiger partial charge is 0.453 e. The summed E-state index contributed by atoms with van der Waals surface area (Å²) in [5.41, 5.74) is 31.0. The number of hydrogen-bond donors (Lipinski definition) is 0. The van der Waals surface area contributed by atoms with Gasteiger partial charge in [-0.15, -0.1) is 0 Å². The molecule has 0 aliphatic carbocycles. The van der Waals surface area contributed by atoms with Crippen molar-refractivity contribution in [2.24, 2.45) is 0 Å². The van der Waals surface area contributed by atoms with Crippen LogP contribution in [0.4, 0.5) is 154 Å². The molecule has 19 aromatic rings. The van der Waals surface area contributed by atoms with Crippen LogP contribution in [0, 0.1) is 0 Å². The first-order valence-electron chi connectivity index (χ1n) is 48.7. The summed E-state index contributed by atoms with van der Waals surface area (Å²) in [7, 11) is 0. The third kappa shape index (κ3) is 11.9. The Hall–Kier alpha value is -16.6. The Kier molecular flexibility index (Phi) is 15.5. The van der Waals surface area contributed by atoms with Crippen LogP contribution >= 0.6 is 0 Å². The molecule has 0 saturated carbocycles. The molecule has 0 fully saturated rings. The number of anilines is 27. The molecule has 0 spiro atoms. The first kappa shape index (κ1) is 67.7. The molecule has 7 aliphatic heterocycles. The molecule has 26 rings (SSSR count). The summed E-state index contributed by atoms with van der Waals surface area (Å²) in [6, 6.07) is 141. The lowest BCUT2D eigenvalue weighted by molar-refractivity contribution is 0.478. The van der Waals surface area contributed by atoms with Gasteiger partial charge in [-0.2, -0.15) is 0 Å². The van der Waals surface area contributed by atoms with Crippen molar-refractivity contribution in [2.45, 2.75) is 26.2 Å². The number of hydrogen-bond acceptors (Lipinski definition) is 10. The highest BCUT2D eigenvalue weighted by Crippen LogP contribution is 2.60. The number of nitrogens with zero attached hydrogens (tertiary/aromatic N) is 9. The fourth-order valence-electron chi connectivity index (χ4n) is 21.6. The highest BCUT2D eigenvalue weighted by atomic mass is 16.5. The van der Waals surface area contributed by atoms with Crippen LogP contribution in [0.2, 0.25) is 0 Å². The minimum atomic E-state index is -0.732. The lowest BCUT2D eigenvalue weighted by Gasteiger charge is -2.53. The molecule has 0 saturated heterocycles. The van der Waals surface area contributed by atoms with Crippen molar-refractivity contribution in [3.05, 3.63) is 460 Å². The third-order valence-electron chi connectivity index (χ3n) is 27.0. The van der Waals surface area contributed by atoms with Gasteiger partial charge in [-0.05, 0) is 279 Å².